The topological polar surface area (TPSA) is 66.0 Å². The SMILES string of the molecule is CCNC(=NCc1ccc(C)cc1C)NC1CCN(C(=O)OCC)CC1.I. The molecule has 2 rings (SSSR count). The van der Waals surface area contributed by atoms with Crippen molar-refractivity contribution in [1.82, 2.24) is 15.5 Å². The molecule has 0 radical (unpaired) electrons. The Morgan fingerprint density at radius 3 is 2.56 bits per heavy atom. The first-order valence-corrected chi connectivity index (χ1v) is 9.56. The van der Waals surface area contributed by atoms with Crippen molar-refractivity contribution in [3.63, 3.8) is 0 Å². The molecule has 0 aliphatic carbocycles. The Morgan fingerprint density at radius 2 is 1.96 bits per heavy atom. The van der Waals surface area contributed by atoms with E-state index in [0.717, 1.165) is 25.3 Å². The second kappa shape index (κ2) is 12.0. The van der Waals surface area contributed by atoms with E-state index in [0.29, 0.717) is 32.3 Å². The highest BCUT2D eigenvalue weighted by Gasteiger charge is 2.24. The molecule has 27 heavy (non-hydrogen) atoms. The normalized spacial score (nSPS) is 15.1. The molecule has 1 aromatic carbocycles. The van der Waals surface area contributed by atoms with Crippen molar-refractivity contribution in [2.45, 2.75) is 53.1 Å². The predicted molar refractivity (Wildman–Crippen MR) is 121 cm³/mol. The number of aliphatic imine (C=N–C) groups is 1. The van der Waals surface area contributed by atoms with E-state index < -0.39 is 0 Å². The molecule has 2 N–H and O–H groups in total. The Balaban J connectivity index is 0.00000364. The molecule has 1 fully saturated rings. The number of guanidine groups is 1. The lowest BCUT2D eigenvalue weighted by molar-refractivity contribution is 0.0963. The second-order valence-corrected chi connectivity index (χ2v) is 6.73. The number of likely N-dealkylation sites (tertiary alicyclic amines) is 1. The summed E-state index contributed by atoms with van der Waals surface area (Å²) in [7, 11) is 0. The Hall–Kier alpha value is -1.51. The number of nitrogens with zero attached hydrogens (tertiary/aromatic N) is 2. The van der Waals surface area contributed by atoms with Gasteiger partial charge in [0.15, 0.2) is 5.96 Å². The van der Waals surface area contributed by atoms with Crippen molar-refractivity contribution in [3.8, 4) is 0 Å². The number of carbonyl (C=O) groups is 1. The standard InChI is InChI=1S/C20H32N4O2.HI/c1-5-21-19(22-14-17-8-7-15(3)13-16(17)4)23-18-9-11-24(12-10-18)20(25)26-6-2;/h7-8,13,18H,5-6,9-12,14H2,1-4H3,(H2,21,22,23);1H. The second-order valence-electron chi connectivity index (χ2n) is 6.73. The van der Waals surface area contributed by atoms with E-state index in [2.05, 4.69) is 49.6 Å². The Kier molecular flexibility index (Phi) is 10.5. The molecule has 0 aromatic heterocycles. The van der Waals surface area contributed by atoms with Crippen LogP contribution in [0.3, 0.4) is 0 Å². The van der Waals surface area contributed by atoms with Crippen LogP contribution in [0.2, 0.25) is 0 Å². The number of piperidine rings is 1. The van der Waals surface area contributed by atoms with Crippen LogP contribution in [0.1, 0.15) is 43.4 Å². The number of amides is 1. The summed E-state index contributed by atoms with van der Waals surface area (Å²) >= 11 is 0. The van der Waals surface area contributed by atoms with Crippen LogP contribution in [0.5, 0.6) is 0 Å². The molecule has 0 unspecified atom stereocenters. The minimum absolute atomic E-state index is 0. The average Bonchev–Trinajstić information content (AvgIpc) is 2.62. The fraction of sp³-hybridized carbons (Fsp3) is 0.600. The van der Waals surface area contributed by atoms with Gasteiger partial charge in [-0.2, -0.15) is 0 Å². The lowest BCUT2D eigenvalue weighted by atomic mass is 10.1. The molecule has 1 heterocycles. The van der Waals surface area contributed by atoms with E-state index in [9.17, 15) is 4.79 Å². The molecule has 1 aliphatic heterocycles. The van der Waals surface area contributed by atoms with Crippen LogP contribution in [0.25, 0.3) is 0 Å². The van der Waals surface area contributed by atoms with Gasteiger partial charge < -0.3 is 20.3 Å². The number of carbonyl (C=O) groups excluding carboxylic acids is 1. The van der Waals surface area contributed by atoms with Gasteiger partial charge >= 0.3 is 6.09 Å². The Morgan fingerprint density at radius 1 is 1.26 bits per heavy atom. The highest BCUT2D eigenvalue weighted by atomic mass is 127. The summed E-state index contributed by atoms with van der Waals surface area (Å²) in [4.78, 5) is 18.3. The van der Waals surface area contributed by atoms with Gasteiger partial charge in [0.05, 0.1) is 13.2 Å². The zero-order valence-electron chi connectivity index (χ0n) is 16.9. The van der Waals surface area contributed by atoms with Crippen molar-refractivity contribution in [2.75, 3.05) is 26.2 Å². The van der Waals surface area contributed by atoms with Crippen LogP contribution in [0, 0.1) is 13.8 Å². The smallest absolute Gasteiger partial charge is 0.409 e. The van der Waals surface area contributed by atoms with E-state index >= 15 is 0 Å². The van der Waals surface area contributed by atoms with Gasteiger partial charge in [-0.05, 0) is 51.7 Å². The lowest BCUT2D eigenvalue weighted by Gasteiger charge is -2.32. The zero-order chi connectivity index (χ0) is 18.9. The molecule has 7 heteroatoms. The highest BCUT2D eigenvalue weighted by Crippen LogP contribution is 2.13. The largest absolute Gasteiger partial charge is 0.450 e. The number of aryl methyl sites for hydroxylation is 2. The van der Waals surface area contributed by atoms with E-state index in [1.807, 2.05) is 6.92 Å². The van der Waals surface area contributed by atoms with Crippen LogP contribution in [0.4, 0.5) is 4.79 Å². The van der Waals surface area contributed by atoms with Crippen LogP contribution >= 0.6 is 24.0 Å². The molecule has 0 saturated carbocycles. The van der Waals surface area contributed by atoms with E-state index in [1.165, 1.54) is 16.7 Å². The fourth-order valence-electron chi connectivity index (χ4n) is 3.12. The number of ether oxygens (including phenoxy) is 1. The molecule has 1 amide bonds. The number of hydrogen-bond acceptors (Lipinski definition) is 3. The molecule has 1 aliphatic rings. The van der Waals surface area contributed by atoms with Crippen molar-refractivity contribution < 1.29 is 9.53 Å². The molecular weight excluding hydrogens is 455 g/mol. The van der Waals surface area contributed by atoms with E-state index in [-0.39, 0.29) is 30.1 Å². The molecule has 0 bridgehead atoms. The average molecular weight is 488 g/mol. The highest BCUT2D eigenvalue weighted by molar-refractivity contribution is 14.0. The minimum atomic E-state index is -0.207. The van der Waals surface area contributed by atoms with Gasteiger partial charge in [-0.15, -0.1) is 24.0 Å². The Bertz CT molecular complexity index is 628. The lowest BCUT2D eigenvalue weighted by Crippen LogP contribution is -2.49. The predicted octanol–water partition coefficient (Wildman–Crippen LogP) is 3.60. The molecule has 6 nitrogen and oxygen atoms in total. The van der Waals surface area contributed by atoms with Gasteiger partial charge in [-0.1, -0.05) is 23.8 Å². The minimum Gasteiger partial charge on any atom is -0.450 e. The molecular formula is C20H33IN4O2. The van der Waals surface area contributed by atoms with Crippen LogP contribution in [-0.2, 0) is 11.3 Å². The van der Waals surface area contributed by atoms with E-state index in [4.69, 9.17) is 9.73 Å². The van der Waals surface area contributed by atoms with Crippen molar-refractivity contribution in [3.05, 3.63) is 34.9 Å². The maximum atomic E-state index is 11.8. The maximum Gasteiger partial charge on any atom is 0.409 e. The van der Waals surface area contributed by atoms with Gasteiger partial charge in [-0.25, -0.2) is 9.79 Å². The van der Waals surface area contributed by atoms with Gasteiger partial charge in [0.2, 0.25) is 0 Å². The molecule has 1 aromatic rings. The summed E-state index contributed by atoms with van der Waals surface area (Å²) in [5.74, 6) is 0.835. The summed E-state index contributed by atoms with van der Waals surface area (Å²) in [6, 6.07) is 6.78. The number of benzene rings is 1. The summed E-state index contributed by atoms with van der Waals surface area (Å²) < 4.78 is 5.07. The maximum absolute atomic E-state index is 11.8. The van der Waals surface area contributed by atoms with Crippen molar-refractivity contribution in [1.29, 1.82) is 0 Å². The Labute approximate surface area is 180 Å². The van der Waals surface area contributed by atoms with Gasteiger partial charge in [-0.3, -0.25) is 0 Å². The van der Waals surface area contributed by atoms with Crippen molar-refractivity contribution >= 4 is 36.0 Å². The van der Waals surface area contributed by atoms with E-state index in [1.54, 1.807) is 4.90 Å². The summed E-state index contributed by atoms with van der Waals surface area (Å²) in [6.07, 6.45) is 1.58. The first kappa shape index (κ1) is 23.5. The third-order valence-electron chi connectivity index (χ3n) is 4.61. The quantitative estimate of drug-likeness (QED) is 0.378. The van der Waals surface area contributed by atoms with Crippen LogP contribution in [-0.4, -0.2) is 49.2 Å². The summed E-state index contributed by atoms with van der Waals surface area (Å²) in [5.41, 5.74) is 3.78. The van der Waals surface area contributed by atoms with Gasteiger partial charge in [0, 0.05) is 25.7 Å². The molecule has 1 saturated heterocycles. The van der Waals surface area contributed by atoms with Crippen molar-refractivity contribution in [2.24, 2.45) is 4.99 Å². The third-order valence-corrected chi connectivity index (χ3v) is 4.61. The van der Waals surface area contributed by atoms with Gasteiger partial charge in [0.1, 0.15) is 0 Å². The first-order valence-electron chi connectivity index (χ1n) is 9.56. The summed E-state index contributed by atoms with van der Waals surface area (Å²) in [5, 5.41) is 6.83. The number of hydrogen-bond donors (Lipinski definition) is 2. The van der Waals surface area contributed by atoms with Crippen LogP contribution < -0.4 is 10.6 Å². The fourth-order valence-corrected chi connectivity index (χ4v) is 3.12. The first-order chi connectivity index (χ1) is 12.5. The van der Waals surface area contributed by atoms with Crippen LogP contribution in [0.15, 0.2) is 23.2 Å². The number of rotatable bonds is 5. The summed E-state index contributed by atoms with van der Waals surface area (Å²) in [6.45, 7) is 11.5. The molecule has 152 valence electrons. The number of halogens is 1. The monoisotopic (exact) mass is 488 g/mol. The molecule has 0 atom stereocenters. The number of nitrogens with one attached hydrogen (secondary N) is 2. The molecule has 0 spiro atoms. The van der Waals surface area contributed by atoms with Gasteiger partial charge in [0.25, 0.3) is 0 Å². The third kappa shape index (κ3) is 7.56. The zero-order valence-corrected chi connectivity index (χ0v) is 19.2.